The third kappa shape index (κ3) is 1.66. The van der Waals surface area contributed by atoms with Crippen LogP contribution < -0.4 is 9.64 Å². The van der Waals surface area contributed by atoms with E-state index in [4.69, 9.17) is 4.74 Å². The molecule has 0 fully saturated rings. The summed E-state index contributed by atoms with van der Waals surface area (Å²) in [4.78, 5) is 2.33. The first kappa shape index (κ1) is 10.2. The van der Waals surface area contributed by atoms with Gasteiger partial charge in [-0.05, 0) is 30.7 Å². The Bertz CT molecular complexity index is 490. The minimum absolute atomic E-state index is 0.944. The molecule has 0 amide bonds. The van der Waals surface area contributed by atoms with Crippen molar-refractivity contribution in [2.24, 2.45) is 0 Å². The van der Waals surface area contributed by atoms with Crippen molar-refractivity contribution in [3.05, 3.63) is 48.5 Å². The maximum Gasteiger partial charge on any atom is 0.151 e. The second kappa shape index (κ2) is 4.13. The first-order valence-corrected chi connectivity index (χ1v) is 6.03. The molecule has 0 bridgehead atoms. The van der Waals surface area contributed by atoms with E-state index in [9.17, 15) is 0 Å². The molecule has 0 saturated heterocycles. The standard InChI is InChI=1S/C15H15NO/c1-2-11-16-12-7-3-5-9-14(12)17-15-10-6-4-8-13(15)16/h3-10H,2,11H2,1H3. The first-order valence-electron chi connectivity index (χ1n) is 6.03. The summed E-state index contributed by atoms with van der Waals surface area (Å²) < 4.78 is 5.91. The van der Waals surface area contributed by atoms with Crippen LogP contribution in [0.3, 0.4) is 0 Å². The Labute approximate surface area is 101 Å². The summed E-state index contributed by atoms with van der Waals surface area (Å²) in [6, 6.07) is 16.4. The maximum absolute atomic E-state index is 5.91. The molecule has 0 aromatic heterocycles. The van der Waals surface area contributed by atoms with Crippen molar-refractivity contribution in [2.45, 2.75) is 13.3 Å². The molecule has 3 rings (SSSR count). The fourth-order valence-corrected chi connectivity index (χ4v) is 2.25. The molecule has 0 aliphatic carbocycles. The lowest BCUT2D eigenvalue weighted by molar-refractivity contribution is 0.473. The number of hydrogen-bond acceptors (Lipinski definition) is 2. The lowest BCUT2D eigenvalue weighted by Gasteiger charge is -2.32. The van der Waals surface area contributed by atoms with Crippen molar-refractivity contribution < 1.29 is 4.74 Å². The quantitative estimate of drug-likeness (QED) is 0.753. The summed E-state index contributed by atoms with van der Waals surface area (Å²) >= 11 is 0. The van der Waals surface area contributed by atoms with Crippen LogP contribution in [0, 0.1) is 0 Å². The lowest BCUT2D eigenvalue weighted by atomic mass is 10.1. The molecular weight excluding hydrogens is 210 g/mol. The van der Waals surface area contributed by atoms with Gasteiger partial charge in [0.15, 0.2) is 11.5 Å². The van der Waals surface area contributed by atoms with Gasteiger partial charge in [0.05, 0.1) is 11.4 Å². The molecular formula is C15H15NO. The molecule has 0 radical (unpaired) electrons. The molecule has 0 atom stereocenters. The maximum atomic E-state index is 5.91. The number of para-hydroxylation sites is 4. The summed E-state index contributed by atoms with van der Waals surface area (Å²) in [5, 5.41) is 0. The topological polar surface area (TPSA) is 12.5 Å². The van der Waals surface area contributed by atoms with Crippen LogP contribution in [-0.4, -0.2) is 6.54 Å². The molecule has 86 valence electrons. The highest BCUT2D eigenvalue weighted by Gasteiger charge is 2.22. The van der Waals surface area contributed by atoms with Crippen LogP contribution in [0.25, 0.3) is 0 Å². The van der Waals surface area contributed by atoms with Crippen molar-refractivity contribution in [3.8, 4) is 11.5 Å². The van der Waals surface area contributed by atoms with Gasteiger partial charge in [-0.25, -0.2) is 0 Å². The van der Waals surface area contributed by atoms with Crippen LogP contribution in [0.1, 0.15) is 13.3 Å². The zero-order valence-corrected chi connectivity index (χ0v) is 9.89. The van der Waals surface area contributed by atoms with Crippen LogP contribution in [0.5, 0.6) is 11.5 Å². The third-order valence-electron chi connectivity index (χ3n) is 2.98. The number of rotatable bonds is 2. The van der Waals surface area contributed by atoms with Crippen molar-refractivity contribution in [3.63, 3.8) is 0 Å². The van der Waals surface area contributed by atoms with Gasteiger partial charge in [-0.2, -0.15) is 0 Å². The fraction of sp³-hybridized carbons (Fsp3) is 0.200. The van der Waals surface area contributed by atoms with Gasteiger partial charge in [0.1, 0.15) is 0 Å². The van der Waals surface area contributed by atoms with E-state index in [2.05, 4.69) is 36.1 Å². The summed E-state index contributed by atoms with van der Waals surface area (Å²) in [6.45, 7) is 3.21. The molecule has 2 heteroatoms. The summed E-state index contributed by atoms with van der Waals surface area (Å²) in [5.41, 5.74) is 2.32. The van der Waals surface area contributed by atoms with Gasteiger partial charge in [-0.15, -0.1) is 0 Å². The third-order valence-corrected chi connectivity index (χ3v) is 2.98. The molecule has 0 saturated carbocycles. The van der Waals surface area contributed by atoms with Crippen LogP contribution in [0.2, 0.25) is 0 Å². The molecule has 1 aliphatic heterocycles. The van der Waals surface area contributed by atoms with E-state index >= 15 is 0 Å². The van der Waals surface area contributed by atoms with E-state index in [1.54, 1.807) is 0 Å². The van der Waals surface area contributed by atoms with Gasteiger partial charge in [0, 0.05) is 6.54 Å². The van der Waals surface area contributed by atoms with Gasteiger partial charge in [-0.1, -0.05) is 31.2 Å². The number of benzene rings is 2. The monoisotopic (exact) mass is 225 g/mol. The molecule has 2 aromatic carbocycles. The van der Waals surface area contributed by atoms with Crippen molar-refractivity contribution in [2.75, 3.05) is 11.4 Å². The Hall–Kier alpha value is -1.96. The van der Waals surface area contributed by atoms with Crippen molar-refractivity contribution >= 4 is 11.4 Å². The van der Waals surface area contributed by atoms with Gasteiger partial charge in [0.25, 0.3) is 0 Å². The Morgan fingerprint density at radius 1 is 0.882 bits per heavy atom. The minimum atomic E-state index is 0.944. The van der Waals surface area contributed by atoms with Crippen molar-refractivity contribution in [1.29, 1.82) is 0 Å². The van der Waals surface area contributed by atoms with Gasteiger partial charge in [0.2, 0.25) is 0 Å². The SMILES string of the molecule is CCCN1c2ccccc2Oc2ccccc21. The Morgan fingerprint density at radius 2 is 1.41 bits per heavy atom. The van der Waals surface area contributed by atoms with E-state index in [1.807, 2.05) is 24.3 Å². The van der Waals surface area contributed by atoms with Crippen LogP contribution in [0.15, 0.2) is 48.5 Å². The lowest BCUT2D eigenvalue weighted by Crippen LogP contribution is -2.21. The molecule has 17 heavy (non-hydrogen) atoms. The van der Waals surface area contributed by atoms with E-state index in [1.165, 1.54) is 0 Å². The van der Waals surface area contributed by atoms with Crippen LogP contribution in [-0.2, 0) is 0 Å². The zero-order chi connectivity index (χ0) is 11.7. The fourth-order valence-electron chi connectivity index (χ4n) is 2.25. The highest BCUT2D eigenvalue weighted by atomic mass is 16.5. The second-order valence-corrected chi connectivity index (χ2v) is 4.19. The average Bonchev–Trinajstić information content (AvgIpc) is 2.39. The highest BCUT2D eigenvalue weighted by molar-refractivity contribution is 5.77. The number of fused-ring (bicyclic) bond motifs is 2. The molecule has 1 aliphatic rings. The van der Waals surface area contributed by atoms with Crippen LogP contribution >= 0.6 is 0 Å². The molecule has 0 unspecified atom stereocenters. The van der Waals surface area contributed by atoms with E-state index in [0.29, 0.717) is 0 Å². The Balaban J connectivity index is 2.13. The summed E-state index contributed by atoms with van der Waals surface area (Å²) in [7, 11) is 0. The molecule has 0 N–H and O–H groups in total. The minimum Gasteiger partial charge on any atom is -0.453 e. The average molecular weight is 225 g/mol. The Morgan fingerprint density at radius 3 is 1.94 bits per heavy atom. The van der Waals surface area contributed by atoms with E-state index in [0.717, 1.165) is 35.8 Å². The largest absolute Gasteiger partial charge is 0.453 e. The predicted molar refractivity (Wildman–Crippen MR) is 70.3 cm³/mol. The van der Waals surface area contributed by atoms with Gasteiger partial charge >= 0.3 is 0 Å². The van der Waals surface area contributed by atoms with E-state index < -0.39 is 0 Å². The summed E-state index contributed by atoms with van der Waals surface area (Å²) in [5.74, 6) is 1.89. The van der Waals surface area contributed by atoms with Crippen LogP contribution in [0.4, 0.5) is 11.4 Å². The predicted octanol–water partition coefficient (Wildman–Crippen LogP) is 4.34. The number of nitrogens with zero attached hydrogens (tertiary/aromatic N) is 1. The summed E-state index contributed by atoms with van der Waals surface area (Å²) in [6.07, 6.45) is 1.11. The molecule has 2 aromatic rings. The van der Waals surface area contributed by atoms with Gasteiger partial charge < -0.3 is 9.64 Å². The first-order chi connectivity index (χ1) is 8.40. The number of anilines is 2. The number of hydrogen-bond donors (Lipinski definition) is 0. The highest BCUT2D eigenvalue weighted by Crippen LogP contribution is 2.45. The van der Waals surface area contributed by atoms with Crippen molar-refractivity contribution in [1.82, 2.24) is 0 Å². The van der Waals surface area contributed by atoms with E-state index in [-0.39, 0.29) is 0 Å². The number of ether oxygens (including phenoxy) is 1. The molecule has 0 spiro atoms. The smallest absolute Gasteiger partial charge is 0.151 e. The Kier molecular flexibility index (Phi) is 2.48. The second-order valence-electron chi connectivity index (χ2n) is 4.19. The normalized spacial score (nSPS) is 12.6. The molecule has 2 nitrogen and oxygen atoms in total. The van der Waals surface area contributed by atoms with Gasteiger partial charge in [-0.3, -0.25) is 0 Å². The zero-order valence-electron chi connectivity index (χ0n) is 9.89. The molecule has 1 heterocycles.